The summed E-state index contributed by atoms with van der Waals surface area (Å²) < 4.78 is 0. The molecule has 0 aliphatic carbocycles. The van der Waals surface area contributed by atoms with Crippen molar-refractivity contribution in [3.8, 4) is 11.3 Å². The number of benzene rings is 1. The van der Waals surface area contributed by atoms with Gasteiger partial charge in [0.15, 0.2) is 0 Å². The Morgan fingerprint density at radius 2 is 1.75 bits per heavy atom. The zero-order chi connectivity index (χ0) is 20.1. The largest absolute Gasteiger partial charge is 0.344 e. The van der Waals surface area contributed by atoms with E-state index in [1.807, 2.05) is 62.4 Å². The average molecular weight is 374 g/mol. The molecule has 0 fully saturated rings. The lowest BCUT2D eigenvalue weighted by Gasteiger charge is -2.17. The van der Waals surface area contributed by atoms with Crippen LogP contribution in [-0.4, -0.2) is 21.1 Å². The third-order valence-electron chi connectivity index (χ3n) is 4.73. The summed E-state index contributed by atoms with van der Waals surface area (Å²) in [5.74, 6) is 0.241. The summed E-state index contributed by atoms with van der Waals surface area (Å²) in [7, 11) is 0. The summed E-state index contributed by atoms with van der Waals surface area (Å²) in [4.78, 5) is 17.1. The predicted octanol–water partition coefficient (Wildman–Crippen LogP) is 4.85. The van der Waals surface area contributed by atoms with Crippen LogP contribution in [0.3, 0.4) is 0 Å². The number of carbonyl (C=O) groups excluding carboxylic acids is 1. The van der Waals surface area contributed by atoms with Crippen LogP contribution in [-0.2, 0) is 0 Å². The molecule has 1 aromatic carbocycles. The Bertz CT molecular complexity index is 934. The lowest BCUT2D eigenvalue weighted by atomic mass is 10.1. The van der Waals surface area contributed by atoms with Gasteiger partial charge in [-0.3, -0.25) is 9.78 Å². The molecule has 0 unspecified atom stereocenters. The van der Waals surface area contributed by atoms with E-state index in [4.69, 9.17) is 0 Å². The van der Waals surface area contributed by atoms with Crippen LogP contribution in [0.2, 0.25) is 0 Å². The summed E-state index contributed by atoms with van der Waals surface area (Å²) in [6.07, 6.45) is 2.55. The number of aromatic nitrogens is 3. The number of nitrogens with zero attached hydrogens (tertiary/aromatic N) is 3. The molecule has 3 aromatic rings. The van der Waals surface area contributed by atoms with E-state index in [0.717, 1.165) is 34.6 Å². The number of aryl methyl sites for hydroxylation is 1. The van der Waals surface area contributed by atoms with Crippen molar-refractivity contribution in [2.45, 2.75) is 46.1 Å². The first-order chi connectivity index (χ1) is 13.5. The molecule has 5 nitrogen and oxygen atoms in total. The maximum Gasteiger partial charge on any atom is 0.251 e. The molecule has 0 radical (unpaired) electrons. The van der Waals surface area contributed by atoms with Crippen molar-refractivity contribution in [2.75, 3.05) is 0 Å². The Balaban J connectivity index is 1.72. The van der Waals surface area contributed by atoms with E-state index in [-0.39, 0.29) is 11.9 Å². The molecular weight excluding hydrogens is 348 g/mol. The van der Waals surface area contributed by atoms with E-state index in [1.165, 1.54) is 0 Å². The van der Waals surface area contributed by atoms with Crippen molar-refractivity contribution >= 4 is 5.91 Å². The van der Waals surface area contributed by atoms with Crippen LogP contribution in [0, 0.1) is 6.92 Å². The van der Waals surface area contributed by atoms with Crippen molar-refractivity contribution in [3.05, 3.63) is 77.2 Å². The lowest BCUT2D eigenvalue weighted by molar-refractivity contribution is 0.0934. The van der Waals surface area contributed by atoms with E-state index in [9.17, 15) is 4.79 Å². The van der Waals surface area contributed by atoms with Crippen LogP contribution >= 0.6 is 0 Å². The minimum Gasteiger partial charge on any atom is -0.344 e. The van der Waals surface area contributed by atoms with Gasteiger partial charge in [-0.1, -0.05) is 32.9 Å². The minimum atomic E-state index is -0.110. The molecule has 1 amide bonds. The fourth-order valence-corrected chi connectivity index (χ4v) is 2.97. The van der Waals surface area contributed by atoms with Crippen molar-refractivity contribution < 1.29 is 4.79 Å². The number of pyridine rings is 1. The number of nitrogens with one attached hydrogen (secondary N) is 1. The van der Waals surface area contributed by atoms with Gasteiger partial charge in [0.25, 0.3) is 5.91 Å². The van der Waals surface area contributed by atoms with Gasteiger partial charge in [-0.2, -0.15) is 10.2 Å². The first kappa shape index (κ1) is 19.7. The molecule has 28 heavy (non-hydrogen) atoms. The molecule has 1 N–H and O–H groups in total. The number of rotatable bonds is 6. The van der Waals surface area contributed by atoms with Crippen molar-refractivity contribution in [1.82, 2.24) is 20.5 Å². The van der Waals surface area contributed by atoms with Crippen LogP contribution in [0.15, 0.2) is 54.7 Å². The van der Waals surface area contributed by atoms with Crippen molar-refractivity contribution in [2.24, 2.45) is 0 Å². The van der Waals surface area contributed by atoms with Crippen molar-refractivity contribution in [3.63, 3.8) is 0 Å². The van der Waals surface area contributed by atoms with Crippen LogP contribution in [0.25, 0.3) is 11.3 Å². The molecule has 0 bridgehead atoms. The first-order valence-corrected chi connectivity index (χ1v) is 9.65. The summed E-state index contributed by atoms with van der Waals surface area (Å²) >= 11 is 0. The van der Waals surface area contributed by atoms with E-state index in [0.29, 0.717) is 11.5 Å². The molecule has 0 aliphatic heterocycles. The Hall–Kier alpha value is -3.08. The molecule has 0 aliphatic rings. The predicted molar refractivity (Wildman–Crippen MR) is 111 cm³/mol. The SMILES string of the molecule is CC[C@H](NC(=O)c1ccc(-c2ccc(C(C)C)nn2)cc1)c1cc(C)ccn1. The van der Waals surface area contributed by atoms with Gasteiger partial charge in [0.1, 0.15) is 0 Å². The molecule has 2 aromatic heterocycles. The van der Waals surface area contributed by atoms with E-state index < -0.39 is 0 Å². The summed E-state index contributed by atoms with van der Waals surface area (Å²) in [5.41, 5.74) is 5.33. The molecule has 2 heterocycles. The van der Waals surface area contributed by atoms with Gasteiger partial charge in [-0.25, -0.2) is 0 Å². The van der Waals surface area contributed by atoms with Crippen LogP contribution in [0.5, 0.6) is 0 Å². The maximum atomic E-state index is 12.7. The number of amides is 1. The Kier molecular flexibility index (Phi) is 6.14. The molecule has 0 spiro atoms. The maximum absolute atomic E-state index is 12.7. The highest BCUT2D eigenvalue weighted by Crippen LogP contribution is 2.20. The topological polar surface area (TPSA) is 67.8 Å². The zero-order valence-corrected chi connectivity index (χ0v) is 16.8. The van der Waals surface area contributed by atoms with Crippen LogP contribution < -0.4 is 5.32 Å². The normalized spacial score (nSPS) is 12.0. The number of hydrogen-bond donors (Lipinski definition) is 1. The highest BCUT2D eigenvalue weighted by Gasteiger charge is 2.15. The van der Waals surface area contributed by atoms with Gasteiger partial charge in [0, 0.05) is 17.3 Å². The summed E-state index contributed by atoms with van der Waals surface area (Å²) in [5, 5.41) is 11.6. The van der Waals surface area contributed by atoms with Gasteiger partial charge in [-0.15, -0.1) is 0 Å². The Morgan fingerprint density at radius 3 is 2.32 bits per heavy atom. The Morgan fingerprint density at radius 1 is 1.00 bits per heavy atom. The number of hydrogen-bond acceptors (Lipinski definition) is 4. The smallest absolute Gasteiger partial charge is 0.251 e. The van der Waals surface area contributed by atoms with Gasteiger partial charge in [-0.05, 0) is 61.2 Å². The second-order valence-electron chi connectivity index (χ2n) is 7.27. The first-order valence-electron chi connectivity index (χ1n) is 9.65. The van der Waals surface area contributed by atoms with Gasteiger partial charge < -0.3 is 5.32 Å². The van der Waals surface area contributed by atoms with E-state index in [2.05, 4.69) is 34.3 Å². The van der Waals surface area contributed by atoms with Crippen LogP contribution in [0.4, 0.5) is 0 Å². The highest BCUT2D eigenvalue weighted by atomic mass is 16.1. The average Bonchev–Trinajstić information content (AvgIpc) is 2.72. The monoisotopic (exact) mass is 374 g/mol. The quantitative estimate of drug-likeness (QED) is 0.669. The molecule has 5 heteroatoms. The second-order valence-corrected chi connectivity index (χ2v) is 7.27. The standard InChI is InChI=1S/C23H26N4O/c1-5-19(22-14-16(4)12-13-24-22)25-23(28)18-8-6-17(7-9-18)21-11-10-20(15(2)3)26-27-21/h6-15,19H,5H2,1-4H3,(H,25,28)/t19-/m0/s1. The minimum absolute atomic E-state index is 0.108. The highest BCUT2D eigenvalue weighted by molar-refractivity contribution is 5.94. The second kappa shape index (κ2) is 8.74. The summed E-state index contributed by atoms with van der Waals surface area (Å²) in [6, 6.07) is 15.3. The summed E-state index contributed by atoms with van der Waals surface area (Å²) in [6.45, 7) is 8.24. The molecular formula is C23H26N4O. The van der Waals surface area contributed by atoms with E-state index >= 15 is 0 Å². The molecule has 0 saturated carbocycles. The molecule has 0 saturated heterocycles. The molecule has 1 atom stereocenters. The fourth-order valence-electron chi connectivity index (χ4n) is 2.97. The van der Waals surface area contributed by atoms with Crippen molar-refractivity contribution in [1.29, 1.82) is 0 Å². The molecule has 3 rings (SSSR count). The third kappa shape index (κ3) is 4.60. The van der Waals surface area contributed by atoms with Crippen LogP contribution in [0.1, 0.15) is 66.5 Å². The lowest BCUT2D eigenvalue weighted by Crippen LogP contribution is -2.28. The third-order valence-corrected chi connectivity index (χ3v) is 4.73. The fraction of sp³-hybridized carbons (Fsp3) is 0.304. The van der Waals surface area contributed by atoms with Gasteiger partial charge in [0.2, 0.25) is 0 Å². The van der Waals surface area contributed by atoms with E-state index in [1.54, 1.807) is 6.20 Å². The zero-order valence-electron chi connectivity index (χ0n) is 16.8. The Labute approximate surface area is 166 Å². The van der Waals surface area contributed by atoms with Gasteiger partial charge in [0.05, 0.1) is 23.1 Å². The van der Waals surface area contributed by atoms with Gasteiger partial charge >= 0.3 is 0 Å². The number of carbonyl (C=O) groups is 1. The molecule has 144 valence electrons.